The molecular weight excluding hydrogens is 1670 g/mol. The van der Waals surface area contributed by atoms with Gasteiger partial charge in [-0.3, -0.25) is 72.2 Å². The number of nitrogens with zero attached hydrogens (tertiary/aromatic N) is 13. The first-order valence-electron chi connectivity index (χ1n) is 43.9. The molecular formula is C98H96ClN17O14. The number of likely N-dealkylation sites (tertiary alicyclic amines) is 1. The lowest BCUT2D eigenvalue weighted by Gasteiger charge is -2.31. The Bertz CT molecular complexity index is 6590. The van der Waals surface area contributed by atoms with Gasteiger partial charge in [-0.05, 0) is 52.6 Å². The van der Waals surface area contributed by atoms with Crippen LogP contribution in [-0.2, 0) is 22.6 Å². The molecule has 2 unspecified atom stereocenters. The number of fused-ring (bicyclic) bond motifs is 18. The SMILES string of the molecule is CC(C)c1nc2c(n1CCCl)C(=O)C(=O)c1ccccc1-2.CC(C)c1nc2c(n1CCN1CCOCC1)C(=O)C(=O)c1ccccc1-2.CC(c1nc2c([nH]1)C(=O)C(=O)c1ccccc1-2)N1CCCC1.CC(c1nc2c([nH]1)C(=O)C(=O)c1ccccc1-2)N1CCOCC1.CN(C)c1nc2c([nH]1)C(=O)C(=O)c1ccccc1-2.O=C1C(=O)c2[nH]c(N3CCCC3)nc2-c2ccccc21. The Hall–Kier alpha value is -13.7. The summed E-state index contributed by atoms with van der Waals surface area (Å²) in [5, 5.41) is 0. The van der Waals surface area contributed by atoms with E-state index in [9.17, 15) is 57.5 Å². The summed E-state index contributed by atoms with van der Waals surface area (Å²) in [5.74, 6) is -0.615. The Labute approximate surface area is 752 Å². The second-order valence-electron chi connectivity index (χ2n) is 33.9. The third-order valence-electron chi connectivity index (χ3n) is 24.9. The number of alkyl halides is 1. The van der Waals surface area contributed by atoms with Gasteiger partial charge >= 0.3 is 0 Å². The number of morpholine rings is 2. The number of ether oxygens (including phenoxy) is 2. The zero-order valence-electron chi connectivity index (χ0n) is 73.2. The number of carbonyl (C=O) groups excluding carboxylic acids is 12. The Morgan fingerprint density at radius 2 is 0.638 bits per heavy atom. The lowest BCUT2D eigenvalue weighted by Crippen LogP contribution is -2.38. The van der Waals surface area contributed by atoms with Gasteiger partial charge in [0.1, 0.15) is 91.6 Å². The van der Waals surface area contributed by atoms with Crippen LogP contribution in [0.25, 0.3) is 67.5 Å². The molecule has 130 heavy (non-hydrogen) atoms. The number of halogens is 1. The summed E-state index contributed by atoms with van der Waals surface area (Å²) in [7, 11) is 3.64. The minimum absolute atomic E-state index is 0.0413. The van der Waals surface area contributed by atoms with Gasteiger partial charge in [0.05, 0.1) is 38.5 Å². The van der Waals surface area contributed by atoms with Crippen LogP contribution in [0, 0.1) is 0 Å². The van der Waals surface area contributed by atoms with Gasteiger partial charge in [0, 0.05) is 157 Å². The molecule has 0 amide bonds. The molecule has 0 bridgehead atoms. The van der Waals surface area contributed by atoms with Crippen molar-refractivity contribution in [3.05, 3.63) is 236 Å². The van der Waals surface area contributed by atoms with E-state index < -0.39 is 69.4 Å². The van der Waals surface area contributed by atoms with Crippen LogP contribution in [-0.4, -0.2) is 248 Å². The van der Waals surface area contributed by atoms with E-state index in [1.54, 1.807) is 88.3 Å². The van der Waals surface area contributed by atoms with E-state index >= 15 is 0 Å². The molecule has 12 aromatic rings. The number of imidazole rings is 6. The predicted molar refractivity (Wildman–Crippen MR) is 485 cm³/mol. The third-order valence-corrected chi connectivity index (χ3v) is 25.1. The maximum atomic E-state index is 12.8. The van der Waals surface area contributed by atoms with Gasteiger partial charge < -0.3 is 48.3 Å². The van der Waals surface area contributed by atoms with E-state index in [0.29, 0.717) is 146 Å². The summed E-state index contributed by atoms with van der Waals surface area (Å²) in [5.41, 5.74) is 12.8. The summed E-state index contributed by atoms with van der Waals surface area (Å²) in [6.45, 7) is 24.5. The van der Waals surface area contributed by atoms with Crippen molar-refractivity contribution in [2.75, 3.05) is 115 Å². The number of H-pyrrole nitrogens is 4. The molecule has 4 saturated heterocycles. The molecule has 31 nitrogen and oxygen atoms in total. The largest absolute Gasteiger partial charge is 0.379 e. The first kappa shape index (κ1) is 88.3. The highest BCUT2D eigenvalue weighted by Gasteiger charge is 2.43. The molecule has 22 rings (SSSR count). The van der Waals surface area contributed by atoms with E-state index in [1.165, 1.54) is 12.8 Å². The molecule has 4 fully saturated rings. The van der Waals surface area contributed by atoms with Crippen LogP contribution in [0.5, 0.6) is 0 Å². The molecule has 6 aliphatic carbocycles. The van der Waals surface area contributed by atoms with Crippen molar-refractivity contribution in [2.24, 2.45) is 0 Å². The number of carbonyl (C=O) groups is 12. The number of aromatic nitrogens is 12. The van der Waals surface area contributed by atoms with Crippen molar-refractivity contribution >= 4 is 92.9 Å². The van der Waals surface area contributed by atoms with Crippen LogP contribution in [0.15, 0.2) is 146 Å². The highest BCUT2D eigenvalue weighted by Crippen LogP contribution is 2.42. The van der Waals surface area contributed by atoms with Gasteiger partial charge in [0.15, 0.2) is 0 Å². The summed E-state index contributed by atoms with van der Waals surface area (Å²) in [6, 6.07) is 43.0. The number of ketones is 12. The molecule has 664 valence electrons. The monoisotopic (exact) mass is 1770 g/mol. The Morgan fingerprint density at radius 3 is 1.01 bits per heavy atom. The lowest BCUT2D eigenvalue weighted by atomic mass is 9.90. The fraction of sp³-hybridized carbons (Fsp3) is 0.327. The zero-order chi connectivity index (χ0) is 91.2. The van der Waals surface area contributed by atoms with E-state index in [4.69, 9.17) is 26.1 Å². The van der Waals surface area contributed by atoms with Crippen LogP contribution in [0.3, 0.4) is 0 Å². The van der Waals surface area contributed by atoms with E-state index in [0.717, 1.165) is 136 Å². The molecule has 6 aromatic heterocycles. The molecule has 10 aliphatic rings. The highest BCUT2D eigenvalue weighted by molar-refractivity contribution is 6.55. The topological polar surface area (TPSA) is 390 Å². The fourth-order valence-corrected chi connectivity index (χ4v) is 18.2. The smallest absolute Gasteiger partial charge is 0.252 e. The minimum Gasteiger partial charge on any atom is -0.379 e. The number of anilines is 2. The summed E-state index contributed by atoms with van der Waals surface area (Å²) >= 11 is 5.85. The summed E-state index contributed by atoms with van der Waals surface area (Å²) < 4.78 is 14.5. The third kappa shape index (κ3) is 16.5. The summed E-state index contributed by atoms with van der Waals surface area (Å²) in [4.78, 5) is 198. The Balaban J connectivity index is 0.000000110. The van der Waals surface area contributed by atoms with Gasteiger partial charge in [-0.2, -0.15) is 0 Å². The molecule has 2 atom stereocenters. The maximum absolute atomic E-state index is 12.8. The van der Waals surface area contributed by atoms with Gasteiger partial charge in [0.2, 0.25) is 46.6 Å². The zero-order valence-corrected chi connectivity index (χ0v) is 74.0. The molecule has 0 spiro atoms. The van der Waals surface area contributed by atoms with Crippen LogP contribution < -0.4 is 9.80 Å². The van der Waals surface area contributed by atoms with E-state index in [-0.39, 0.29) is 29.6 Å². The van der Waals surface area contributed by atoms with Crippen LogP contribution >= 0.6 is 11.6 Å². The van der Waals surface area contributed by atoms with E-state index in [2.05, 4.69) is 85.2 Å². The van der Waals surface area contributed by atoms with Gasteiger partial charge in [-0.1, -0.05) is 173 Å². The van der Waals surface area contributed by atoms with Crippen molar-refractivity contribution < 1.29 is 67.0 Å². The molecule has 6 aromatic carbocycles. The standard InChI is InChI=1S/C20H23N3O3.C17H17N3O3.C17H17N3O2.C16H15ClN2O2.C15H13N3O2.C13H11N3O2/c1-13(2)20-21-16-14-5-3-4-6-15(14)18(24)19(25)17(16)23(20)8-7-22-9-11-26-12-10-22;1-10(20-6-8-23-9-7-20)17-18-13-11-4-2-3-5-12(11)15(21)16(22)14(13)19-17;1-10(20-8-4-5-9-20)17-18-13-11-6-2-3-7-12(11)15(21)16(22)14(13)19-17;1-9(2)16-18-12-10-5-3-4-6-11(10)14(20)15(21)13(12)19(16)8-7-17;19-13-10-6-2-1-5-9(10)11-12(14(13)20)17-15(16-11)18-7-3-4-8-18;1-16(2)13-14-9-7-5-3-4-6-8(7)11(17)12(18)10(9)15-13/h3-6,13H,7-12H2,1-2H3;2-5,10H,6-9H2,1H3,(H,18,19);2-3,6-7,10H,4-5,8-9H2,1H3,(H,18,19);3-6,9H,7-8H2,1-2H3;1-2,5-6H,3-4,7-8H2,(H,16,17);3-6H,1-2H3,(H,14,15). The van der Waals surface area contributed by atoms with E-state index in [1.807, 2.05) is 106 Å². The Morgan fingerprint density at radius 1 is 0.331 bits per heavy atom. The highest BCUT2D eigenvalue weighted by atomic mass is 35.5. The van der Waals surface area contributed by atoms with Crippen LogP contribution in [0.2, 0.25) is 0 Å². The normalized spacial score (nSPS) is 16.8. The average molecular weight is 1770 g/mol. The fourth-order valence-electron chi connectivity index (χ4n) is 18.1. The van der Waals surface area contributed by atoms with Crippen molar-refractivity contribution in [2.45, 2.75) is 104 Å². The minimum atomic E-state index is -0.524. The van der Waals surface area contributed by atoms with Crippen molar-refractivity contribution in [3.63, 3.8) is 0 Å². The number of aromatic amines is 4. The number of rotatable bonds is 13. The molecule has 4 aliphatic heterocycles. The first-order valence-corrected chi connectivity index (χ1v) is 44.4. The van der Waals surface area contributed by atoms with Crippen LogP contribution in [0.1, 0.15) is 240 Å². The van der Waals surface area contributed by atoms with Gasteiger partial charge in [-0.25, -0.2) is 29.9 Å². The second-order valence-corrected chi connectivity index (χ2v) is 34.3. The van der Waals surface area contributed by atoms with Crippen molar-refractivity contribution in [3.8, 4) is 67.5 Å². The quantitative estimate of drug-likeness (QED) is 0.0615. The molecule has 0 radical (unpaired) electrons. The lowest BCUT2D eigenvalue weighted by molar-refractivity contribution is 0.0183. The molecule has 4 N–H and O–H groups in total. The molecule has 0 saturated carbocycles. The number of nitrogens with one attached hydrogen (secondary N) is 4. The van der Waals surface area contributed by atoms with Crippen molar-refractivity contribution in [1.82, 2.24) is 73.7 Å². The first-order chi connectivity index (χ1) is 62.8. The van der Waals surface area contributed by atoms with Gasteiger partial charge in [-0.15, -0.1) is 11.6 Å². The average Bonchev–Trinajstić information content (AvgIpc) is 1.59. The molecule has 10 heterocycles. The Kier molecular flexibility index (Phi) is 25.3. The second kappa shape index (κ2) is 37.2. The molecule has 32 heteroatoms. The number of Topliss-reactive ketones (excluding diaryl/α,β-unsaturated/α-hetero) is 12. The summed E-state index contributed by atoms with van der Waals surface area (Å²) in [6.07, 6.45) is 4.67. The van der Waals surface area contributed by atoms with Crippen molar-refractivity contribution in [1.29, 1.82) is 0 Å². The number of hydrogen-bond donors (Lipinski definition) is 4. The number of benzene rings is 6. The van der Waals surface area contributed by atoms with Crippen LogP contribution in [0.4, 0.5) is 11.9 Å². The maximum Gasteiger partial charge on any atom is 0.252 e. The predicted octanol–water partition coefficient (Wildman–Crippen LogP) is 13.7. The van der Waals surface area contributed by atoms with Gasteiger partial charge in [0.25, 0.3) is 34.7 Å². The number of hydrogen-bond acceptors (Lipinski definition) is 25.